The van der Waals surface area contributed by atoms with E-state index in [2.05, 4.69) is 5.32 Å². The van der Waals surface area contributed by atoms with Gasteiger partial charge in [-0.05, 0) is 31.2 Å². The van der Waals surface area contributed by atoms with E-state index in [9.17, 15) is 13.6 Å². The molecule has 1 atom stereocenters. The minimum atomic E-state index is -0.795. The number of nitrogens with two attached hydrogens (primary N) is 1. The minimum Gasteiger partial charge on any atom is -0.333 e. The number of amides is 1. The van der Waals surface area contributed by atoms with Gasteiger partial charge in [0.1, 0.15) is 17.7 Å². The SMILES string of the molecule is C[C@H]([NH2+]CC(=O)Nc1ccc(F)cc1F)c1cccc(Cl)c1. The van der Waals surface area contributed by atoms with E-state index in [0.29, 0.717) is 5.02 Å². The summed E-state index contributed by atoms with van der Waals surface area (Å²) in [6.07, 6.45) is 0. The Bertz CT molecular complexity index is 679. The van der Waals surface area contributed by atoms with Gasteiger partial charge in [-0.2, -0.15) is 0 Å². The van der Waals surface area contributed by atoms with Gasteiger partial charge in [0.05, 0.1) is 5.69 Å². The molecule has 0 bridgehead atoms. The summed E-state index contributed by atoms with van der Waals surface area (Å²) >= 11 is 5.92. The third kappa shape index (κ3) is 4.51. The lowest BCUT2D eigenvalue weighted by Crippen LogP contribution is -2.86. The largest absolute Gasteiger partial charge is 0.333 e. The molecule has 0 spiro atoms. The van der Waals surface area contributed by atoms with Gasteiger partial charge in [0.25, 0.3) is 5.91 Å². The maximum atomic E-state index is 13.4. The zero-order chi connectivity index (χ0) is 16.1. The summed E-state index contributed by atoms with van der Waals surface area (Å²) in [5, 5.41) is 4.86. The van der Waals surface area contributed by atoms with Crippen LogP contribution in [0.4, 0.5) is 14.5 Å². The number of rotatable bonds is 5. The molecule has 0 fully saturated rings. The van der Waals surface area contributed by atoms with Crippen molar-refractivity contribution in [2.45, 2.75) is 13.0 Å². The topological polar surface area (TPSA) is 45.7 Å². The first kappa shape index (κ1) is 16.4. The van der Waals surface area contributed by atoms with Crippen LogP contribution in [-0.4, -0.2) is 12.5 Å². The molecular weight excluding hydrogens is 310 g/mol. The van der Waals surface area contributed by atoms with E-state index in [1.807, 2.05) is 30.4 Å². The molecule has 0 aliphatic carbocycles. The van der Waals surface area contributed by atoms with Gasteiger partial charge in [0.15, 0.2) is 6.54 Å². The van der Waals surface area contributed by atoms with Crippen LogP contribution in [-0.2, 0) is 4.79 Å². The standard InChI is InChI=1S/C16H15ClF2N2O/c1-10(11-3-2-4-12(17)7-11)20-9-16(22)21-15-6-5-13(18)8-14(15)19/h2-8,10,20H,9H2,1H3,(H,21,22)/p+1/t10-/m0/s1. The van der Waals surface area contributed by atoms with Crippen molar-refractivity contribution in [1.29, 1.82) is 0 Å². The van der Waals surface area contributed by atoms with Crippen LogP contribution in [0.3, 0.4) is 0 Å². The van der Waals surface area contributed by atoms with Gasteiger partial charge in [-0.15, -0.1) is 0 Å². The number of benzene rings is 2. The summed E-state index contributed by atoms with van der Waals surface area (Å²) in [7, 11) is 0. The molecular formula is C16H16ClF2N2O+. The Morgan fingerprint density at radius 2 is 2.05 bits per heavy atom. The van der Waals surface area contributed by atoms with Crippen LogP contribution in [0, 0.1) is 11.6 Å². The van der Waals surface area contributed by atoms with Crippen molar-refractivity contribution in [2.24, 2.45) is 0 Å². The lowest BCUT2D eigenvalue weighted by molar-refractivity contribution is -0.682. The Morgan fingerprint density at radius 1 is 1.27 bits per heavy atom. The van der Waals surface area contributed by atoms with E-state index in [1.165, 1.54) is 6.07 Å². The number of hydrogen-bond donors (Lipinski definition) is 2. The number of quaternary nitrogens is 1. The highest BCUT2D eigenvalue weighted by atomic mass is 35.5. The fourth-order valence-corrected chi connectivity index (χ4v) is 2.20. The van der Waals surface area contributed by atoms with Crippen molar-refractivity contribution < 1.29 is 18.9 Å². The van der Waals surface area contributed by atoms with Crippen LogP contribution < -0.4 is 10.6 Å². The summed E-state index contributed by atoms with van der Waals surface area (Å²) in [6.45, 7) is 2.06. The lowest BCUT2D eigenvalue weighted by Gasteiger charge is -2.11. The zero-order valence-corrected chi connectivity index (χ0v) is 12.7. The Morgan fingerprint density at radius 3 is 2.73 bits per heavy atom. The second kappa shape index (κ2) is 7.33. The van der Waals surface area contributed by atoms with Gasteiger partial charge < -0.3 is 10.6 Å². The predicted octanol–water partition coefficient (Wildman–Crippen LogP) is 2.88. The van der Waals surface area contributed by atoms with E-state index in [-0.39, 0.29) is 24.2 Å². The average Bonchev–Trinajstić information content (AvgIpc) is 2.47. The van der Waals surface area contributed by atoms with Crippen molar-refractivity contribution >= 4 is 23.2 Å². The van der Waals surface area contributed by atoms with E-state index in [1.54, 1.807) is 6.07 Å². The zero-order valence-electron chi connectivity index (χ0n) is 11.9. The average molecular weight is 326 g/mol. The van der Waals surface area contributed by atoms with Crippen LogP contribution in [0.15, 0.2) is 42.5 Å². The van der Waals surface area contributed by atoms with Crippen LogP contribution in [0.1, 0.15) is 18.5 Å². The number of halogens is 3. The molecule has 0 heterocycles. The smallest absolute Gasteiger partial charge is 0.279 e. The highest BCUT2D eigenvalue weighted by Crippen LogP contribution is 2.15. The Labute approximate surface area is 132 Å². The molecule has 2 rings (SSSR count). The first-order chi connectivity index (χ1) is 10.5. The van der Waals surface area contributed by atoms with Crippen molar-refractivity contribution in [3.8, 4) is 0 Å². The first-order valence-corrected chi connectivity index (χ1v) is 7.17. The van der Waals surface area contributed by atoms with Gasteiger partial charge in [-0.1, -0.05) is 23.7 Å². The predicted molar refractivity (Wildman–Crippen MR) is 81.6 cm³/mol. The van der Waals surface area contributed by atoms with Crippen molar-refractivity contribution in [3.05, 3.63) is 64.7 Å². The molecule has 116 valence electrons. The fraction of sp³-hybridized carbons (Fsp3) is 0.188. The van der Waals surface area contributed by atoms with Gasteiger partial charge in [-0.3, -0.25) is 4.79 Å². The Hall–Kier alpha value is -1.98. The molecule has 0 radical (unpaired) electrons. The normalized spacial score (nSPS) is 12.0. The quantitative estimate of drug-likeness (QED) is 0.872. The molecule has 3 N–H and O–H groups in total. The van der Waals surface area contributed by atoms with Gasteiger partial charge in [0, 0.05) is 16.7 Å². The molecule has 1 amide bonds. The minimum absolute atomic E-state index is 0.0301. The molecule has 2 aromatic carbocycles. The molecule has 0 unspecified atom stereocenters. The monoisotopic (exact) mass is 325 g/mol. The molecule has 22 heavy (non-hydrogen) atoms. The van der Waals surface area contributed by atoms with E-state index >= 15 is 0 Å². The van der Waals surface area contributed by atoms with Crippen LogP contribution in [0.2, 0.25) is 5.02 Å². The fourth-order valence-electron chi connectivity index (χ4n) is 2.00. The summed E-state index contributed by atoms with van der Waals surface area (Å²) < 4.78 is 26.2. The van der Waals surface area contributed by atoms with Crippen LogP contribution in [0.5, 0.6) is 0 Å². The molecule has 0 aromatic heterocycles. The molecule has 0 aliphatic heterocycles. The van der Waals surface area contributed by atoms with Crippen molar-refractivity contribution in [1.82, 2.24) is 0 Å². The second-order valence-electron chi connectivity index (χ2n) is 4.96. The Balaban J connectivity index is 1.90. The molecule has 0 saturated heterocycles. The van der Waals surface area contributed by atoms with Gasteiger partial charge in [-0.25, -0.2) is 8.78 Å². The van der Waals surface area contributed by atoms with Crippen molar-refractivity contribution in [2.75, 3.05) is 11.9 Å². The highest BCUT2D eigenvalue weighted by molar-refractivity contribution is 6.30. The highest BCUT2D eigenvalue weighted by Gasteiger charge is 2.13. The third-order valence-electron chi connectivity index (χ3n) is 3.24. The van der Waals surface area contributed by atoms with Gasteiger partial charge in [0.2, 0.25) is 0 Å². The maximum absolute atomic E-state index is 13.4. The van der Waals surface area contributed by atoms with Crippen LogP contribution in [0.25, 0.3) is 0 Å². The third-order valence-corrected chi connectivity index (χ3v) is 3.47. The molecule has 0 saturated carbocycles. The molecule has 2 aromatic rings. The number of anilines is 1. The van der Waals surface area contributed by atoms with E-state index < -0.39 is 11.6 Å². The summed E-state index contributed by atoms with van der Waals surface area (Å²) in [5.41, 5.74) is 0.962. The Kier molecular flexibility index (Phi) is 5.46. The number of nitrogens with one attached hydrogen (secondary N) is 1. The summed E-state index contributed by atoms with van der Waals surface area (Å²) in [4.78, 5) is 11.8. The molecule has 0 aliphatic rings. The number of hydrogen-bond acceptors (Lipinski definition) is 1. The molecule has 3 nitrogen and oxygen atoms in total. The van der Waals surface area contributed by atoms with Crippen LogP contribution >= 0.6 is 11.6 Å². The number of carbonyl (C=O) groups excluding carboxylic acids is 1. The number of carbonyl (C=O) groups is 1. The first-order valence-electron chi connectivity index (χ1n) is 6.79. The molecule has 6 heteroatoms. The summed E-state index contributed by atoms with van der Waals surface area (Å²) in [6, 6.07) is 10.4. The lowest BCUT2D eigenvalue weighted by atomic mass is 10.1. The van der Waals surface area contributed by atoms with Gasteiger partial charge >= 0.3 is 0 Å². The maximum Gasteiger partial charge on any atom is 0.279 e. The van der Waals surface area contributed by atoms with E-state index in [0.717, 1.165) is 17.7 Å². The summed E-state index contributed by atoms with van der Waals surface area (Å²) in [5.74, 6) is -1.84. The second-order valence-corrected chi connectivity index (χ2v) is 5.39. The van der Waals surface area contributed by atoms with E-state index in [4.69, 9.17) is 11.6 Å². The van der Waals surface area contributed by atoms with Crippen molar-refractivity contribution in [3.63, 3.8) is 0 Å².